The predicted octanol–water partition coefficient (Wildman–Crippen LogP) is 5.60. The van der Waals surface area contributed by atoms with Gasteiger partial charge in [0, 0.05) is 40.2 Å². The van der Waals surface area contributed by atoms with Crippen molar-refractivity contribution in [3.8, 4) is 0 Å². The molecule has 0 aromatic carbocycles. The van der Waals surface area contributed by atoms with E-state index in [9.17, 15) is 24.0 Å². The molecule has 5 rings (SSSR count). The van der Waals surface area contributed by atoms with Crippen LogP contribution in [0.2, 0.25) is 0 Å². The van der Waals surface area contributed by atoms with E-state index in [1.807, 2.05) is 20.8 Å². The van der Waals surface area contributed by atoms with Crippen LogP contribution in [0, 0.1) is 34.0 Å². The highest BCUT2D eigenvalue weighted by Gasteiger charge is 2.71. The number of methoxy groups -OCH3 is 1. The number of ketones is 1. The summed E-state index contributed by atoms with van der Waals surface area (Å²) in [5.41, 5.74) is 1.02. The Kier molecular flexibility index (Phi) is 8.20. The van der Waals surface area contributed by atoms with Gasteiger partial charge >= 0.3 is 23.9 Å². The first-order chi connectivity index (χ1) is 21.0. The topological polar surface area (TPSA) is 135 Å². The van der Waals surface area contributed by atoms with Crippen LogP contribution < -0.4 is 0 Å². The molecule has 1 aliphatic heterocycles. The van der Waals surface area contributed by atoms with Gasteiger partial charge in [-0.15, -0.1) is 0 Å². The highest BCUT2D eigenvalue weighted by molar-refractivity contribution is 5.94. The maximum Gasteiger partial charge on any atom is 0.347 e. The van der Waals surface area contributed by atoms with E-state index in [1.165, 1.54) is 14.0 Å². The fraction of sp³-hybridized carbons (Fsp3) is 0.629. The third kappa shape index (κ3) is 4.95. The second kappa shape index (κ2) is 11.3. The average Bonchev–Trinajstić information content (AvgIpc) is 3.50. The molecule has 45 heavy (non-hydrogen) atoms. The van der Waals surface area contributed by atoms with E-state index in [0.29, 0.717) is 24.8 Å². The molecule has 3 aliphatic carbocycles. The quantitative estimate of drug-likeness (QED) is 0.170. The Bertz CT molecular complexity index is 1490. The normalized spacial score (nSPS) is 34.0. The summed E-state index contributed by atoms with van der Waals surface area (Å²) in [4.78, 5) is 67.3. The van der Waals surface area contributed by atoms with Gasteiger partial charge in [-0.1, -0.05) is 38.8 Å². The van der Waals surface area contributed by atoms with Crippen LogP contribution in [0.25, 0.3) is 0 Å². The third-order valence-corrected chi connectivity index (χ3v) is 11.3. The number of carbonyl (C=O) groups is 5. The molecule has 0 radical (unpaired) electrons. The molecule has 8 atom stereocenters. The van der Waals surface area contributed by atoms with Gasteiger partial charge in [0.15, 0.2) is 0 Å². The molecule has 3 fully saturated rings. The number of carbonyl (C=O) groups excluding carboxylic acids is 5. The van der Waals surface area contributed by atoms with Gasteiger partial charge in [0.1, 0.15) is 18.0 Å². The van der Waals surface area contributed by atoms with Gasteiger partial charge in [0.05, 0.1) is 32.0 Å². The monoisotopic (exact) mass is 624 g/mol. The Labute approximate surface area is 263 Å². The number of rotatable bonds is 6. The maximum absolute atomic E-state index is 14.8. The van der Waals surface area contributed by atoms with Gasteiger partial charge < -0.3 is 23.4 Å². The van der Waals surface area contributed by atoms with Crippen molar-refractivity contribution in [3.63, 3.8) is 0 Å². The van der Waals surface area contributed by atoms with E-state index in [4.69, 9.17) is 23.4 Å². The fourth-order valence-electron chi connectivity index (χ4n) is 9.06. The Balaban J connectivity index is 1.74. The molecular weight excluding hydrogens is 580 g/mol. The lowest BCUT2D eigenvalue weighted by Crippen LogP contribution is -2.70. The summed E-state index contributed by atoms with van der Waals surface area (Å²) in [7, 11) is 1.21. The van der Waals surface area contributed by atoms with Crippen LogP contribution in [0.1, 0.15) is 92.7 Å². The molecule has 2 saturated carbocycles. The van der Waals surface area contributed by atoms with Crippen molar-refractivity contribution in [1.82, 2.24) is 0 Å². The summed E-state index contributed by atoms with van der Waals surface area (Å²) in [6, 6.07) is 1.79. The number of esters is 4. The summed E-state index contributed by atoms with van der Waals surface area (Å²) in [5, 5.41) is 0. The zero-order chi connectivity index (χ0) is 33.2. The molecular formula is C35H44O10. The molecule has 244 valence electrons. The van der Waals surface area contributed by atoms with Gasteiger partial charge in [-0.05, 0) is 57.6 Å². The molecule has 8 unspecified atom stereocenters. The number of Topliss-reactive ketones (excluding diaryl/α,β-unsaturated/α-hetero) is 1. The smallest absolute Gasteiger partial charge is 0.347 e. The van der Waals surface area contributed by atoms with Crippen molar-refractivity contribution < 1.29 is 47.3 Å². The van der Waals surface area contributed by atoms with Crippen LogP contribution >= 0.6 is 0 Å². The SMILES string of the molecule is COC(=O)C(OC(C)=O)C1C(C)(C)C(OC(=O)C(C)=C(C)C)C2CC3=C4CC(=O)OC(c5ccoc5)C4(C)CCC3C1(C)C2=O. The first-order valence-electron chi connectivity index (χ1n) is 15.6. The Hall–Kier alpha value is -3.69. The number of fused-ring (bicyclic) bond motifs is 5. The lowest BCUT2D eigenvalue weighted by atomic mass is 9.40. The van der Waals surface area contributed by atoms with Gasteiger partial charge in [0.25, 0.3) is 0 Å². The Morgan fingerprint density at radius 1 is 1.04 bits per heavy atom. The minimum absolute atomic E-state index is 0.0629. The van der Waals surface area contributed by atoms with E-state index in [1.54, 1.807) is 39.4 Å². The average molecular weight is 625 g/mol. The minimum Gasteiger partial charge on any atom is -0.472 e. The van der Waals surface area contributed by atoms with Crippen LogP contribution in [0.4, 0.5) is 0 Å². The number of furan rings is 1. The van der Waals surface area contributed by atoms with Crippen molar-refractivity contribution >= 4 is 29.7 Å². The van der Waals surface area contributed by atoms with Crippen LogP contribution in [0.15, 0.2) is 45.3 Å². The van der Waals surface area contributed by atoms with Crippen LogP contribution in [0.5, 0.6) is 0 Å². The molecule has 1 saturated heterocycles. The van der Waals surface area contributed by atoms with Crippen molar-refractivity contribution in [3.05, 3.63) is 46.4 Å². The predicted molar refractivity (Wildman–Crippen MR) is 160 cm³/mol. The highest BCUT2D eigenvalue weighted by Crippen LogP contribution is 2.68. The lowest BCUT2D eigenvalue weighted by Gasteiger charge is -2.64. The molecule has 10 nitrogen and oxygen atoms in total. The zero-order valence-electron chi connectivity index (χ0n) is 27.6. The Morgan fingerprint density at radius 3 is 2.31 bits per heavy atom. The van der Waals surface area contributed by atoms with Gasteiger partial charge in [-0.2, -0.15) is 0 Å². The highest BCUT2D eigenvalue weighted by atomic mass is 16.6. The summed E-state index contributed by atoms with van der Waals surface area (Å²) < 4.78 is 28.4. The molecule has 0 amide bonds. The van der Waals surface area contributed by atoms with Crippen LogP contribution in [-0.2, 0) is 42.9 Å². The van der Waals surface area contributed by atoms with Crippen LogP contribution in [0.3, 0.4) is 0 Å². The standard InChI is InChI=1S/C35H44O10/c1-17(2)18(3)31(39)45-30-22-14-21-23(10-12-34(7)24(21)15-25(37)44-29(34)20-11-13-42-16-20)35(8,28(22)38)27(33(30,5)6)26(32(40)41-9)43-19(4)36/h11,13,16,22-23,26-27,29-30H,10,12,14-15H2,1-9H3. The summed E-state index contributed by atoms with van der Waals surface area (Å²) >= 11 is 0. The maximum atomic E-state index is 14.8. The lowest BCUT2D eigenvalue weighted by molar-refractivity contribution is -0.217. The molecule has 2 bridgehead atoms. The van der Waals surface area contributed by atoms with E-state index >= 15 is 0 Å². The number of hydrogen-bond acceptors (Lipinski definition) is 10. The second-order valence-corrected chi connectivity index (χ2v) is 14.4. The molecule has 0 N–H and O–H groups in total. The number of ether oxygens (including phenoxy) is 4. The van der Waals surface area contributed by atoms with Gasteiger partial charge in [-0.25, -0.2) is 9.59 Å². The van der Waals surface area contributed by atoms with E-state index in [-0.39, 0.29) is 24.1 Å². The summed E-state index contributed by atoms with van der Waals surface area (Å²) in [6.07, 6.45) is 1.70. The minimum atomic E-state index is -1.43. The molecule has 0 spiro atoms. The summed E-state index contributed by atoms with van der Waals surface area (Å²) in [6.45, 7) is 14.1. The van der Waals surface area contributed by atoms with Gasteiger partial charge in [-0.3, -0.25) is 14.4 Å². The van der Waals surface area contributed by atoms with E-state index in [2.05, 4.69) is 6.92 Å². The fourth-order valence-corrected chi connectivity index (χ4v) is 9.06. The molecule has 10 heteroatoms. The largest absolute Gasteiger partial charge is 0.472 e. The van der Waals surface area contributed by atoms with Crippen molar-refractivity contribution in [2.24, 2.45) is 34.0 Å². The first kappa shape index (κ1) is 32.7. The molecule has 1 aromatic rings. The first-order valence-corrected chi connectivity index (χ1v) is 15.6. The van der Waals surface area contributed by atoms with Crippen molar-refractivity contribution in [2.75, 3.05) is 7.11 Å². The van der Waals surface area contributed by atoms with Gasteiger partial charge in [0.2, 0.25) is 6.10 Å². The van der Waals surface area contributed by atoms with Crippen molar-refractivity contribution in [2.45, 2.75) is 99.4 Å². The number of allylic oxidation sites excluding steroid dienone is 2. The molecule has 4 aliphatic rings. The number of cyclic esters (lactones) is 1. The number of hydrogen-bond donors (Lipinski definition) is 0. The zero-order valence-corrected chi connectivity index (χ0v) is 27.6. The van der Waals surface area contributed by atoms with E-state index in [0.717, 1.165) is 22.3 Å². The molecule has 2 heterocycles. The molecule has 1 aromatic heterocycles. The second-order valence-electron chi connectivity index (χ2n) is 14.4. The van der Waals surface area contributed by atoms with Crippen LogP contribution in [-0.4, -0.2) is 49.0 Å². The Morgan fingerprint density at radius 2 is 1.73 bits per heavy atom. The van der Waals surface area contributed by atoms with Crippen molar-refractivity contribution in [1.29, 1.82) is 0 Å². The summed E-state index contributed by atoms with van der Waals surface area (Å²) in [5.74, 6) is -4.59. The third-order valence-electron chi connectivity index (χ3n) is 11.3. The van der Waals surface area contributed by atoms with E-state index < -0.39 is 64.3 Å².